The van der Waals surface area contributed by atoms with E-state index in [2.05, 4.69) is 26.0 Å². The van der Waals surface area contributed by atoms with E-state index in [-0.39, 0.29) is 5.56 Å². The summed E-state index contributed by atoms with van der Waals surface area (Å²) in [6.45, 7) is 4.66. The first-order chi connectivity index (χ1) is 9.58. The van der Waals surface area contributed by atoms with Gasteiger partial charge in [-0.15, -0.1) is 0 Å². The van der Waals surface area contributed by atoms with Crippen LogP contribution in [0, 0.1) is 0 Å². The molecule has 0 saturated heterocycles. The van der Waals surface area contributed by atoms with Crippen molar-refractivity contribution in [1.82, 2.24) is 0 Å². The standard InChI is InChI=1S/C17H18O3/c1-12(2)14-9-7-13(8-10-14)11-20-16-6-4-3-5-15(16)17(18)19/h3-10,12H,11H2,1-2H3,(H,18,19). The Kier molecular flexibility index (Phi) is 4.41. The fourth-order valence-electron chi connectivity index (χ4n) is 1.93. The zero-order valence-corrected chi connectivity index (χ0v) is 11.7. The van der Waals surface area contributed by atoms with E-state index < -0.39 is 5.97 Å². The van der Waals surface area contributed by atoms with Crippen molar-refractivity contribution >= 4 is 5.97 Å². The Balaban J connectivity index is 2.07. The fourth-order valence-corrected chi connectivity index (χ4v) is 1.93. The van der Waals surface area contributed by atoms with Crippen LogP contribution in [0.2, 0.25) is 0 Å². The summed E-state index contributed by atoms with van der Waals surface area (Å²) >= 11 is 0. The number of hydrogen-bond acceptors (Lipinski definition) is 2. The molecule has 20 heavy (non-hydrogen) atoms. The molecule has 0 aliphatic rings. The summed E-state index contributed by atoms with van der Waals surface area (Å²) in [5.41, 5.74) is 2.49. The Hall–Kier alpha value is -2.29. The predicted octanol–water partition coefficient (Wildman–Crippen LogP) is 4.09. The Morgan fingerprint density at radius 3 is 2.35 bits per heavy atom. The van der Waals surface area contributed by atoms with E-state index in [1.54, 1.807) is 24.3 Å². The van der Waals surface area contributed by atoms with Crippen LogP contribution in [-0.2, 0) is 6.61 Å². The van der Waals surface area contributed by atoms with Crippen molar-refractivity contribution < 1.29 is 14.6 Å². The average molecular weight is 270 g/mol. The van der Waals surface area contributed by atoms with Gasteiger partial charge >= 0.3 is 5.97 Å². The molecule has 0 fully saturated rings. The van der Waals surface area contributed by atoms with Crippen molar-refractivity contribution in [3.8, 4) is 5.75 Å². The maximum absolute atomic E-state index is 11.1. The quantitative estimate of drug-likeness (QED) is 0.890. The maximum Gasteiger partial charge on any atom is 0.339 e. The lowest BCUT2D eigenvalue weighted by atomic mass is 10.0. The molecule has 0 bridgehead atoms. The van der Waals surface area contributed by atoms with E-state index in [0.29, 0.717) is 18.3 Å². The lowest BCUT2D eigenvalue weighted by Crippen LogP contribution is -2.03. The van der Waals surface area contributed by atoms with Gasteiger partial charge in [0.1, 0.15) is 17.9 Å². The summed E-state index contributed by atoms with van der Waals surface area (Å²) in [5, 5.41) is 9.08. The van der Waals surface area contributed by atoms with Gasteiger partial charge in [0.15, 0.2) is 0 Å². The molecular weight excluding hydrogens is 252 g/mol. The summed E-state index contributed by atoms with van der Waals surface area (Å²) in [7, 11) is 0. The van der Waals surface area contributed by atoms with Gasteiger partial charge in [-0.1, -0.05) is 50.2 Å². The molecule has 3 nitrogen and oxygen atoms in total. The number of hydrogen-bond donors (Lipinski definition) is 1. The highest BCUT2D eigenvalue weighted by molar-refractivity contribution is 5.90. The maximum atomic E-state index is 11.1. The molecule has 2 aromatic rings. The van der Waals surface area contributed by atoms with Gasteiger partial charge in [0.25, 0.3) is 0 Å². The Morgan fingerprint density at radius 1 is 1.10 bits per heavy atom. The second kappa shape index (κ2) is 6.24. The number of rotatable bonds is 5. The van der Waals surface area contributed by atoms with E-state index in [9.17, 15) is 4.79 Å². The minimum absolute atomic E-state index is 0.186. The third-order valence-electron chi connectivity index (χ3n) is 3.16. The molecule has 2 aromatic carbocycles. The van der Waals surface area contributed by atoms with Gasteiger partial charge in [0.05, 0.1) is 0 Å². The fraction of sp³-hybridized carbons (Fsp3) is 0.235. The summed E-state index contributed by atoms with van der Waals surface area (Å²) in [5.74, 6) is -0.0820. The van der Waals surface area contributed by atoms with Gasteiger partial charge in [0, 0.05) is 0 Å². The van der Waals surface area contributed by atoms with E-state index in [4.69, 9.17) is 9.84 Å². The first kappa shape index (κ1) is 14.1. The SMILES string of the molecule is CC(C)c1ccc(COc2ccccc2C(=O)O)cc1. The summed E-state index contributed by atoms with van der Waals surface area (Å²) < 4.78 is 5.60. The highest BCUT2D eigenvalue weighted by atomic mass is 16.5. The van der Waals surface area contributed by atoms with Gasteiger partial charge in [-0.2, -0.15) is 0 Å². The van der Waals surface area contributed by atoms with Crippen LogP contribution in [0.5, 0.6) is 5.75 Å². The molecule has 1 N–H and O–H groups in total. The van der Waals surface area contributed by atoms with Crippen LogP contribution in [0.15, 0.2) is 48.5 Å². The summed E-state index contributed by atoms with van der Waals surface area (Å²) in [6.07, 6.45) is 0. The van der Waals surface area contributed by atoms with E-state index in [0.717, 1.165) is 5.56 Å². The first-order valence-corrected chi connectivity index (χ1v) is 6.62. The van der Waals surface area contributed by atoms with Crippen molar-refractivity contribution in [1.29, 1.82) is 0 Å². The van der Waals surface area contributed by atoms with Crippen molar-refractivity contribution in [3.63, 3.8) is 0 Å². The molecular formula is C17H18O3. The Morgan fingerprint density at radius 2 is 1.75 bits per heavy atom. The molecule has 3 heteroatoms. The molecule has 0 unspecified atom stereocenters. The zero-order valence-electron chi connectivity index (χ0n) is 11.7. The monoisotopic (exact) mass is 270 g/mol. The van der Waals surface area contributed by atoms with E-state index in [1.165, 1.54) is 5.56 Å². The van der Waals surface area contributed by atoms with E-state index >= 15 is 0 Å². The highest BCUT2D eigenvalue weighted by Crippen LogP contribution is 2.20. The molecule has 0 radical (unpaired) electrons. The Labute approximate surface area is 118 Å². The molecule has 2 rings (SSSR count). The normalized spacial score (nSPS) is 10.6. The highest BCUT2D eigenvalue weighted by Gasteiger charge is 2.10. The lowest BCUT2D eigenvalue weighted by Gasteiger charge is -2.10. The number of carboxylic acids is 1. The molecule has 0 heterocycles. The van der Waals surface area contributed by atoms with Crippen LogP contribution >= 0.6 is 0 Å². The minimum Gasteiger partial charge on any atom is -0.488 e. The molecule has 0 amide bonds. The van der Waals surface area contributed by atoms with E-state index in [1.807, 2.05) is 12.1 Å². The van der Waals surface area contributed by atoms with Crippen LogP contribution < -0.4 is 4.74 Å². The molecule has 0 aliphatic heterocycles. The van der Waals surface area contributed by atoms with Crippen LogP contribution in [0.4, 0.5) is 0 Å². The number of para-hydroxylation sites is 1. The summed E-state index contributed by atoms with van der Waals surface area (Å²) in [6, 6.07) is 14.8. The molecule has 104 valence electrons. The largest absolute Gasteiger partial charge is 0.488 e. The lowest BCUT2D eigenvalue weighted by molar-refractivity contribution is 0.0692. The van der Waals surface area contributed by atoms with Crippen LogP contribution in [-0.4, -0.2) is 11.1 Å². The van der Waals surface area contributed by atoms with Gasteiger partial charge in [0.2, 0.25) is 0 Å². The van der Waals surface area contributed by atoms with Crippen LogP contribution in [0.1, 0.15) is 41.3 Å². The third-order valence-corrected chi connectivity index (χ3v) is 3.16. The topological polar surface area (TPSA) is 46.5 Å². The average Bonchev–Trinajstić information content (AvgIpc) is 2.45. The van der Waals surface area contributed by atoms with Crippen LogP contribution in [0.3, 0.4) is 0 Å². The molecule has 0 spiro atoms. The van der Waals surface area contributed by atoms with Crippen molar-refractivity contribution in [2.24, 2.45) is 0 Å². The molecule has 0 saturated carbocycles. The minimum atomic E-state index is -0.976. The van der Waals surface area contributed by atoms with Crippen molar-refractivity contribution in [3.05, 3.63) is 65.2 Å². The van der Waals surface area contributed by atoms with Crippen LogP contribution in [0.25, 0.3) is 0 Å². The first-order valence-electron chi connectivity index (χ1n) is 6.62. The van der Waals surface area contributed by atoms with Gasteiger partial charge in [-0.3, -0.25) is 0 Å². The van der Waals surface area contributed by atoms with Crippen molar-refractivity contribution in [2.75, 3.05) is 0 Å². The number of carboxylic acid groups (broad SMARTS) is 1. The zero-order chi connectivity index (χ0) is 14.5. The summed E-state index contributed by atoms with van der Waals surface area (Å²) in [4.78, 5) is 11.1. The van der Waals surface area contributed by atoms with Gasteiger partial charge < -0.3 is 9.84 Å². The third kappa shape index (κ3) is 3.38. The smallest absolute Gasteiger partial charge is 0.339 e. The van der Waals surface area contributed by atoms with Crippen molar-refractivity contribution in [2.45, 2.75) is 26.4 Å². The number of aromatic carboxylic acids is 1. The second-order valence-electron chi connectivity index (χ2n) is 4.99. The Bertz CT molecular complexity index is 585. The number of carbonyl (C=O) groups is 1. The number of ether oxygens (including phenoxy) is 1. The predicted molar refractivity (Wildman–Crippen MR) is 78.3 cm³/mol. The molecule has 0 aromatic heterocycles. The van der Waals surface area contributed by atoms with Gasteiger partial charge in [-0.25, -0.2) is 4.79 Å². The number of benzene rings is 2. The molecule has 0 atom stereocenters. The molecule has 0 aliphatic carbocycles. The second-order valence-corrected chi connectivity index (χ2v) is 4.99. The van der Waals surface area contributed by atoms with Gasteiger partial charge in [-0.05, 0) is 29.2 Å².